The van der Waals surface area contributed by atoms with Crippen LogP contribution < -0.4 is 21.7 Å². The molecule has 0 unspecified atom stereocenters. The maximum absolute atomic E-state index is 4.79. The zero-order valence-corrected chi connectivity index (χ0v) is 6.43. The Morgan fingerprint density at radius 2 is 2.22 bits per heavy atom. The van der Waals surface area contributed by atoms with Crippen LogP contribution in [0.1, 0.15) is 6.92 Å². The molecule has 4 nitrogen and oxygen atoms in total. The van der Waals surface area contributed by atoms with Crippen molar-refractivity contribution in [3.8, 4) is 0 Å². The third kappa shape index (κ3) is 5.48. The first-order valence-corrected chi connectivity index (χ1v) is 3.17. The van der Waals surface area contributed by atoms with Gasteiger partial charge in [0.15, 0.2) is 5.11 Å². The number of rotatable bonds is 3. The van der Waals surface area contributed by atoms with Gasteiger partial charge in [-0.05, 0) is 19.1 Å². The third-order valence-corrected chi connectivity index (χ3v) is 0.885. The van der Waals surface area contributed by atoms with Crippen molar-refractivity contribution in [3.05, 3.63) is 0 Å². The Morgan fingerprint density at radius 3 is 2.67 bits per heavy atom. The zero-order chi connectivity index (χ0) is 7.11. The molecule has 0 saturated carbocycles. The Labute approximate surface area is 60.3 Å². The van der Waals surface area contributed by atoms with Crippen LogP contribution in [0.5, 0.6) is 0 Å². The van der Waals surface area contributed by atoms with E-state index >= 15 is 0 Å². The van der Waals surface area contributed by atoms with E-state index in [9.17, 15) is 0 Å². The third-order valence-electron chi connectivity index (χ3n) is 0.638. The average molecular weight is 148 g/mol. The van der Waals surface area contributed by atoms with Crippen molar-refractivity contribution in [1.29, 1.82) is 0 Å². The minimum absolute atomic E-state index is 0.590. The molecule has 9 heavy (non-hydrogen) atoms. The summed E-state index contributed by atoms with van der Waals surface area (Å²) in [6.45, 7) is 2.81. The molecule has 4 N–H and O–H groups in total. The Hall–Kier alpha value is -0.390. The fourth-order valence-corrected chi connectivity index (χ4v) is 0.519. The normalized spacial score (nSPS) is 8.67. The highest BCUT2D eigenvalue weighted by Crippen LogP contribution is 1.58. The van der Waals surface area contributed by atoms with Crippen molar-refractivity contribution in [2.24, 2.45) is 0 Å². The van der Waals surface area contributed by atoms with Crippen molar-refractivity contribution in [2.45, 2.75) is 6.92 Å². The van der Waals surface area contributed by atoms with Crippen LogP contribution in [0, 0.1) is 0 Å². The highest BCUT2D eigenvalue weighted by Gasteiger charge is 1.85. The van der Waals surface area contributed by atoms with Crippen LogP contribution in [-0.4, -0.2) is 18.7 Å². The summed E-state index contributed by atoms with van der Waals surface area (Å²) in [5.41, 5.74) is 7.99. The molecule has 0 fully saturated rings. The molecule has 0 spiro atoms. The second kappa shape index (κ2) is 5.74. The molecule has 0 saturated heterocycles. The van der Waals surface area contributed by atoms with E-state index in [1.54, 1.807) is 7.05 Å². The van der Waals surface area contributed by atoms with Gasteiger partial charge < -0.3 is 5.32 Å². The highest BCUT2D eigenvalue weighted by atomic mass is 32.1. The molecule has 0 aromatic rings. The summed E-state index contributed by atoms with van der Waals surface area (Å²) in [6, 6.07) is 0. The minimum Gasteiger partial charge on any atom is -0.362 e. The van der Waals surface area contributed by atoms with Gasteiger partial charge in [-0.1, -0.05) is 0 Å². The highest BCUT2D eigenvalue weighted by molar-refractivity contribution is 7.80. The lowest BCUT2D eigenvalue weighted by Crippen LogP contribution is -2.48. The Bertz CT molecular complexity index is 84.6. The van der Waals surface area contributed by atoms with Crippen LogP contribution in [0.2, 0.25) is 0 Å². The summed E-state index contributed by atoms with van der Waals surface area (Å²) in [5.74, 6) is 0. The molecular weight excluding hydrogens is 136 g/mol. The van der Waals surface area contributed by atoms with E-state index in [2.05, 4.69) is 21.7 Å². The van der Waals surface area contributed by atoms with E-state index in [-0.39, 0.29) is 0 Å². The first-order valence-electron chi connectivity index (χ1n) is 2.76. The lowest BCUT2D eigenvalue weighted by atomic mass is 10.8. The van der Waals surface area contributed by atoms with Crippen LogP contribution in [0.15, 0.2) is 0 Å². The van der Waals surface area contributed by atoms with Crippen LogP contribution in [-0.2, 0) is 0 Å². The molecule has 0 atom stereocenters. The van der Waals surface area contributed by atoms with Gasteiger partial charge in [0.25, 0.3) is 0 Å². The second-order valence-electron chi connectivity index (χ2n) is 1.36. The Morgan fingerprint density at radius 1 is 1.56 bits per heavy atom. The smallest absolute Gasteiger partial charge is 0.181 e. The molecule has 0 heterocycles. The molecule has 0 rings (SSSR count). The number of hydrazine groups is 2. The molecule has 0 radical (unpaired) electrons. The van der Waals surface area contributed by atoms with Gasteiger partial charge in [-0.15, -0.1) is 0 Å². The molecule has 0 bridgehead atoms. The summed E-state index contributed by atoms with van der Waals surface area (Å²) in [6.07, 6.45) is 0. The van der Waals surface area contributed by atoms with Crippen molar-refractivity contribution < 1.29 is 0 Å². The molecule has 0 aromatic carbocycles. The molecule has 0 aliphatic rings. The van der Waals surface area contributed by atoms with E-state index in [1.807, 2.05) is 6.92 Å². The van der Waals surface area contributed by atoms with Crippen molar-refractivity contribution in [3.63, 3.8) is 0 Å². The van der Waals surface area contributed by atoms with Crippen LogP contribution in [0.4, 0.5) is 0 Å². The summed E-state index contributed by atoms with van der Waals surface area (Å²) in [7, 11) is 1.75. The van der Waals surface area contributed by atoms with Gasteiger partial charge in [0, 0.05) is 13.6 Å². The van der Waals surface area contributed by atoms with Crippen molar-refractivity contribution in [2.75, 3.05) is 13.6 Å². The monoisotopic (exact) mass is 148 g/mol. The molecular formula is C4H12N4S. The summed E-state index contributed by atoms with van der Waals surface area (Å²) >= 11 is 4.79. The van der Waals surface area contributed by atoms with Gasteiger partial charge in [-0.2, -0.15) is 5.53 Å². The zero-order valence-electron chi connectivity index (χ0n) is 5.62. The predicted molar refractivity (Wildman–Crippen MR) is 41.6 cm³/mol. The van der Waals surface area contributed by atoms with Gasteiger partial charge in [0.1, 0.15) is 0 Å². The number of nitrogens with one attached hydrogen (secondary N) is 4. The first-order chi connectivity index (χ1) is 4.31. The average Bonchev–Trinajstić information content (AvgIpc) is 1.85. The van der Waals surface area contributed by atoms with Gasteiger partial charge in [-0.3, -0.25) is 5.43 Å². The lowest BCUT2D eigenvalue weighted by molar-refractivity contribution is 0.557. The van der Waals surface area contributed by atoms with Crippen LogP contribution in [0.25, 0.3) is 0 Å². The second-order valence-corrected chi connectivity index (χ2v) is 1.77. The van der Waals surface area contributed by atoms with Gasteiger partial charge in [-0.25, -0.2) is 5.43 Å². The molecule has 0 amide bonds. The topological polar surface area (TPSA) is 48.1 Å². The summed E-state index contributed by atoms with van der Waals surface area (Å²) in [4.78, 5) is 0. The molecule has 0 aliphatic heterocycles. The number of thiocarbonyl (C=S) groups is 1. The van der Waals surface area contributed by atoms with E-state index in [0.29, 0.717) is 5.11 Å². The van der Waals surface area contributed by atoms with Gasteiger partial charge in [0.05, 0.1) is 0 Å². The van der Waals surface area contributed by atoms with E-state index < -0.39 is 0 Å². The Balaban J connectivity index is 3.06. The lowest BCUT2D eigenvalue weighted by Gasteiger charge is -2.07. The standard InChI is InChI=1S/C4H12N4S/c1-3-6-4(9)7-8-5-2/h5,8H,3H2,1-2H3,(H2,6,7,9). The van der Waals surface area contributed by atoms with Crippen LogP contribution in [0.3, 0.4) is 0 Å². The largest absolute Gasteiger partial charge is 0.362 e. The number of hydrogen-bond donors (Lipinski definition) is 4. The van der Waals surface area contributed by atoms with Crippen molar-refractivity contribution >= 4 is 17.3 Å². The molecule has 0 aliphatic carbocycles. The van der Waals surface area contributed by atoms with Gasteiger partial charge in [0.2, 0.25) is 0 Å². The van der Waals surface area contributed by atoms with E-state index in [0.717, 1.165) is 6.54 Å². The SMILES string of the molecule is CCNC(=S)NNNC. The fraction of sp³-hybridized carbons (Fsp3) is 0.750. The maximum atomic E-state index is 4.79. The molecule has 54 valence electrons. The number of hydrogen-bond acceptors (Lipinski definition) is 3. The summed E-state index contributed by atoms with van der Waals surface area (Å²) in [5, 5.41) is 3.49. The minimum atomic E-state index is 0.590. The first kappa shape index (κ1) is 8.61. The van der Waals surface area contributed by atoms with E-state index in [4.69, 9.17) is 12.2 Å². The van der Waals surface area contributed by atoms with Gasteiger partial charge >= 0.3 is 0 Å². The fourth-order valence-electron chi connectivity index (χ4n) is 0.324. The molecule has 0 aromatic heterocycles. The predicted octanol–water partition coefficient (Wildman–Crippen LogP) is -0.891. The van der Waals surface area contributed by atoms with Crippen LogP contribution >= 0.6 is 12.2 Å². The van der Waals surface area contributed by atoms with Crippen molar-refractivity contribution in [1.82, 2.24) is 21.7 Å². The quantitative estimate of drug-likeness (QED) is 0.309. The van der Waals surface area contributed by atoms with E-state index in [1.165, 1.54) is 0 Å². The Kier molecular flexibility index (Phi) is 5.49. The summed E-state index contributed by atoms with van der Waals surface area (Å²) < 4.78 is 0. The maximum Gasteiger partial charge on any atom is 0.181 e. The molecule has 5 heteroatoms.